The van der Waals surface area contributed by atoms with Gasteiger partial charge in [-0.05, 0) is 17.7 Å². The molecule has 0 amide bonds. The molecule has 17 heavy (non-hydrogen) atoms. The molecule has 1 unspecified atom stereocenters. The van der Waals surface area contributed by atoms with E-state index in [0.29, 0.717) is 11.7 Å². The summed E-state index contributed by atoms with van der Waals surface area (Å²) in [5.74, 6) is 0.682. The normalized spacial score (nSPS) is 12.1. The molecule has 88 valence electrons. The first-order valence-corrected chi connectivity index (χ1v) is 5.82. The Kier molecular flexibility index (Phi) is 3.94. The number of aromatic nitrogens is 1. The quantitative estimate of drug-likeness (QED) is 0.839. The number of rotatable bonds is 4. The number of hydrogen-bond donors (Lipinski definition) is 1. The van der Waals surface area contributed by atoms with E-state index in [0.717, 1.165) is 5.56 Å². The van der Waals surface area contributed by atoms with Crippen LogP contribution < -0.4 is 5.32 Å². The van der Waals surface area contributed by atoms with Gasteiger partial charge >= 0.3 is 0 Å². The molecule has 1 N–H and O–H groups in total. The average Bonchev–Trinajstić information content (AvgIpc) is 2.39. The first kappa shape index (κ1) is 11.9. The van der Waals surface area contributed by atoms with E-state index in [1.54, 1.807) is 6.07 Å². The number of nitrogens with zero attached hydrogens (tertiary/aromatic N) is 1. The Balaban J connectivity index is 2.13. The van der Waals surface area contributed by atoms with E-state index < -0.39 is 0 Å². The predicted molar refractivity (Wildman–Crippen MR) is 67.7 cm³/mol. The van der Waals surface area contributed by atoms with Crippen LogP contribution in [0.5, 0.6) is 0 Å². The minimum absolute atomic E-state index is 0.0316. The van der Waals surface area contributed by atoms with Crippen molar-refractivity contribution < 1.29 is 4.39 Å². The fourth-order valence-electron chi connectivity index (χ4n) is 1.54. The molecule has 2 aromatic rings. The minimum atomic E-state index is -0.349. The van der Waals surface area contributed by atoms with Crippen molar-refractivity contribution in [2.24, 2.45) is 0 Å². The predicted octanol–water partition coefficient (Wildman–Crippen LogP) is 3.61. The highest BCUT2D eigenvalue weighted by Gasteiger charge is 2.09. The number of pyridine rings is 1. The third-order valence-corrected chi connectivity index (χ3v) is 2.71. The topological polar surface area (TPSA) is 24.9 Å². The van der Waals surface area contributed by atoms with Gasteiger partial charge in [0, 0.05) is 5.88 Å². The van der Waals surface area contributed by atoms with Gasteiger partial charge in [0.25, 0.3) is 0 Å². The third kappa shape index (κ3) is 3.17. The zero-order chi connectivity index (χ0) is 12.1. The number of hydrogen-bond acceptors (Lipinski definition) is 2. The van der Waals surface area contributed by atoms with Crippen LogP contribution in [0, 0.1) is 5.82 Å². The lowest BCUT2D eigenvalue weighted by Gasteiger charge is -2.16. The van der Waals surface area contributed by atoms with Gasteiger partial charge in [0.05, 0.1) is 12.2 Å². The molecule has 0 spiro atoms. The van der Waals surface area contributed by atoms with Crippen LogP contribution in [0.1, 0.15) is 11.6 Å². The van der Waals surface area contributed by atoms with Gasteiger partial charge in [0.2, 0.25) is 0 Å². The highest BCUT2D eigenvalue weighted by molar-refractivity contribution is 6.18. The fraction of sp³-hybridized carbons (Fsp3) is 0.154. The van der Waals surface area contributed by atoms with E-state index in [4.69, 9.17) is 11.6 Å². The van der Waals surface area contributed by atoms with Crippen molar-refractivity contribution in [1.82, 2.24) is 4.98 Å². The second-order valence-electron chi connectivity index (χ2n) is 3.62. The second-order valence-corrected chi connectivity index (χ2v) is 3.93. The van der Waals surface area contributed by atoms with Crippen LogP contribution in [0.15, 0.2) is 48.7 Å². The highest BCUT2D eigenvalue weighted by Crippen LogP contribution is 2.19. The van der Waals surface area contributed by atoms with Crippen molar-refractivity contribution in [3.8, 4) is 0 Å². The Labute approximate surface area is 104 Å². The zero-order valence-corrected chi connectivity index (χ0v) is 9.86. The Morgan fingerprint density at radius 1 is 1.18 bits per heavy atom. The Morgan fingerprint density at radius 3 is 2.53 bits per heavy atom. The summed E-state index contributed by atoms with van der Waals surface area (Å²) >= 11 is 5.92. The van der Waals surface area contributed by atoms with E-state index in [2.05, 4.69) is 10.3 Å². The number of halogens is 2. The Hall–Kier alpha value is -1.61. The van der Waals surface area contributed by atoms with E-state index >= 15 is 0 Å². The van der Waals surface area contributed by atoms with Crippen LogP contribution in [-0.2, 0) is 0 Å². The van der Waals surface area contributed by atoms with E-state index in [-0.39, 0.29) is 11.9 Å². The standard InChI is InChI=1S/C13H12ClFN2/c14-8-12(10-4-2-1-3-5-10)17-13-7-6-11(15)9-16-13/h1-7,9,12H,8H2,(H,16,17). The van der Waals surface area contributed by atoms with Crippen molar-refractivity contribution in [3.05, 3.63) is 60.0 Å². The first-order chi connectivity index (χ1) is 8.29. The van der Waals surface area contributed by atoms with Gasteiger partial charge in [0.1, 0.15) is 11.6 Å². The molecular weight excluding hydrogens is 239 g/mol. The summed E-state index contributed by atoms with van der Waals surface area (Å²) < 4.78 is 12.7. The third-order valence-electron chi connectivity index (χ3n) is 2.41. The molecule has 2 rings (SSSR count). The Morgan fingerprint density at radius 2 is 1.94 bits per heavy atom. The van der Waals surface area contributed by atoms with Crippen molar-refractivity contribution in [2.75, 3.05) is 11.2 Å². The molecule has 0 fully saturated rings. The summed E-state index contributed by atoms with van der Waals surface area (Å²) in [7, 11) is 0. The molecule has 1 heterocycles. The van der Waals surface area contributed by atoms with Crippen molar-refractivity contribution >= 4 is 17.4 Å². The number of benzene rings is 1. The van der Waals surface area contributed by atoms with Crippen LogP contribution in [-0.4, -0.2) is 10.9 Å². The lowest BCUT2D eigenvalue weighted by Crippen LogP contribution is -2.13. The summed E-state index contributed by atoms with van der Waals surface area (Å²) in [6.07, 6.45) is 1.18. The molecule has 0 saturated heterocycles. The van der Waals surface area contributed by atoms with E-state index in [1.165, 1.54) is 12.3 Å². The monoisotopic (exact) mass is 250 g/mol. The molecule has 0 aliphatic carbocycles. The van der Waals surface area contributed by atoms with Crippen LogP contribution in [0.25, 0.3) is 0 Å². The molecule has 4 heteroatoms. The molecule has 0 bridgehead atoms. The van der Waals surface area contributed by atoms with Crippen LogP contribution in [0.2, 0.25) is 0 Å². The fourth-order valence-corrected chi connectivity index (χ4v) is 1.79. The van der Waals surface area contributed by atoms with E-state index in [1.807, 2.05) is 30.3 Å². The minimum Gasteiger partial charge on any atom is -0.362 e. The Bertz CT molecular complexity index is 459. The summed E-state index contributed by atoms with van der Waals surface area (Å²) in [6, 6.07) is 12.8. The van der Waals surface area contributed by atoms with Gasteiger partial charge in [-0.25, -0.2) is 9.37 Å². The van der Waals surface area contributed by atoms with Gasteiger partial charge in [-0.15, -0.1) is 11.6 Å². The molecule has 0 aliphatic heterocycles. The van der Waals surface area contributed by atoms with Crippen LogP contribution in [0.3, 0.4) is 0 Å². The number of nitrogens with one attached hydrogen (secondary N) is 1. The van der Waals surface area contributed by atoms with Gasteiger partial charge in [-0.2, -0.15) is 0 Å². The average molecular weight is 251 g/mol. The molecule has 1 aromatic heterocycles. The van der Waals surface area contributed by atoms with Gasteiger partial charge < -0.3 is 5.32 Å². The second kappa shape index (κ2) is 5.64. The largest absolute Gasteiger partial charge is 0.362 e. The molecule has 0 aliphatic rings. The number of anilines is 1. The molecular formula is C13H12ClFN2. The van der Waals surface area contributed by atoms with Crippen LogP contribution >= 0.6 is 11.6 Å². The van der Waals surface area contributed by atoms with Crippen LogP contribution in [0.4, 0.5) is 10.2 Å². The molecule has 2 nitrogen and oxygen atoms in total. The molecule has 1 atom stereocenters. The summed E-state index contributed by atoms with van der Waals surface area (Å²) in [5, 5.41) is 3.16. The highest BCUT2D eigenvalue weighted by atomic mass is 35.5. The SMILES string of the molecule is Fc1ccc(NC(CCl)c2ccccc2)nc1. The maximum atomic E-state index is 12.7. The van der Waals surface area contributed by atoms with Crippen molar-refractivity contribution in [1.29, 1.82) is 0 Å². The summed E-state index contributed by atoms with van der Waals surface area (Å²) in [4.78, 5) is 3.95. The maximum absolute atomic E-state index is 12.7. The lowest BCUT2D eigenvalue weighted by atomic mass is 10.1. The summed E-state index contributed by atoms with van der Waals surface area (Å²) in [6.45, 7) is 0. The number of alkyl halides is 1. The molecule has 0 radical (unpaired) electrons. The van der Waals surface area contributed by atoms with Crippen molar-refractivity contribution in [3.63, 3.8) is 0 Å². The first-order valence-electron chi connectivity index (χ1n) is 5.28. The summed E-state index contributed by atoms with van der Waals surface area (Å²) in [5.41, 5.74) is 1.08. The van der Waals surface area contributed by atoms with E-state index in [9.17, 15) is 4.39 Å². The molecule has 1 aromatic carbocycles. The zero-order valence-electron chi connectivity index (χ0n) is 9.11. The van der Waals surface area contributed by atoms with Gasteiger partial charge in [-0.3, -0.25) is 0 Å². The maximum Gasteiger partial charge on any atom is 0.141 e. The van der Waals surface area contributed by atoms with Crippen molar-refractivity contribution in [2.45, 2.75) is 6.04 Å². The lowest BCUT2D eigenvalue weighted by molar-refractivity contribution is 0.621. The van der Waals surface area contributed by atoms with Gasteiger partial charge in [0.15, 0.2) is 0 Å². The smallest absolute Gasteiger partial charge is 0.141 e. The van der Waals surface area contributed by atoms with Gasteiger partial charge in [-0.1, -0.05) is 30.3 Å². The molecule has 0 saturated carbocycles.